The van der Waals surface area contributed by atoms with Gasteiger partial charge in [0.1, 0.15) is 0 Å². The van der Waals surface area contributed by atoms with Gasteiger partial charge in [-0.15, -0.1) is 0 Å². The second kappa shape index (κ2) is 54.9. The van der Waals surface area contributed by atoms with E-state index in [1.807, 2.05) is 6.08 Å². The summed E-state index contributed by atoms with van der Waals surface area (Å²) in [6.45, 7) is 4.33. The van der Waals surface area contributed by atoms with Gasteiger partial charge < -0.3 is 15.5 Å². The number of rotatable bonds is 53. The summed E-state index contributed by atoms with van der Waals surface area (Å²) in [6, 6.07) is -0.639. The van der Waals surface area contributed by atoms with Gasteiger partial charge in [0.2, 0.25) is 5.91 Å². The van der Waals surface area contributed by atoms with E-state index in [0.717, 1.165) is 32.1 Å². The lowest BCUT2D eigenvalue weighted by Gasteiger charge is -2.19. The minimum Gasteiger partial charge on any atom is -0.394 e. The van der Waals surface area contributed by atoms with E-state index in [1.54, 1.807) is 6.08 Å². The number of unbranched alkanes of at least 4 members (excludes halogenated alkanes) is 42. The van der Waals surface area contributed by atoms with Crippen molar-refractivity contribution in [3.63, 3.8) is 0 Å². The van der Waals surface area contributed by atoms with Crippen molar-refractivity contribution in [3.05, 3.63) is 36.5 Å². The molecule has 4 nitrogen and oxygen atoms in total. The third kappa shape index (κ3) is 51.5. The van der Waals surface area contributed by atoms with E-state index < -0.39 is 12.1 Å². The number of amides is 1. The van der Waals surface area contributed by atoms with Crippen molar-refractivity contribution in [1.82, 2.24) is 5.32 Å². The molecule has 0 saturated carbocycles. The van der Waals surface area contributed by atoms with Crippen LogP contribution in [0, 0.1) is 0 Å². The molecular weight excluding hydrogens is 771 g/mol. The molecule has 0 radical (unpaired) electrons. The van der Waals surface area contributed by atoms with Gasteiger partial charge in [0.15, 0.2) is 0 Å². The van der Waals surface area contributed by atoms with Crippen molar-refractivity contribution in [2.24, 2.45) is 0 Å². The van der Waals surface area contributed by atoms with Crippen LogP contribution in [0.25, 0.3) is 0 Å². The van der Waals surface area contributed by atoms with Gasteiger partial charge in [-0.3, -0.25) is 4.79 Å². The zero-order valence-electron chi connectivity index (χ0n) is 42.9. The molecule has 0 spiro atoms. The van der Waals surface area contributed by atoms with Crippen LogP contribution in [0.15, 0.2) is 36.5 Å². The quantitative estimate of drug-likeness (QED) is 0.0421. The molecule has 372 valence electrons. The Labute approximate surface area is 395 Å². The van der Waals surface area contributed by atoms with Crippen LogP contribution in [0.2, 0.25) is 0 Å². The predicted molar refractivity (Wildman–Crippen MR) is 281 cm³/mol. The summed E-state index contributed by atoms with van der Waals surface area (Å²) in [5.74, 6) is -0.0694. The van der Waals surface area contributed by atoms with E-state index in [0.29, 0.717) is 6.42 Å². The van der Waals surface area contributed by atoms with E-state index in [4.69, 9.17) is 0 Å². The lowest BCUT2D eigenvalue weighted by molar-refractivity contribution is -0.123. The van der Waals surface area contributed by atoms with E-state index in [-0.39, 0.29) is 12.5 Å². The van der Waals surface area contributed by atoms with Crippen molar-refractivity contribution >= 4 is 5.91 Å². The van der Waals surface area contributed by atoms with Crippen LogP contribution in [0.5, 0.6) is 0 Å². The minimum absolute atomic E-state index is 0.0694. The number of hydrogen-bond acceptors (Lipinski definition) is 3. The molecule has 0 fully saturated rings. The molecule has 0 aliphatic heterocycles. The fourth-order valence-corrected chi connectivity index (χ4v) is 8.96. The zero-order valence-corrected chi connectivity index (χ0v) is 42.9. The molecule has 0 bridgehead atoms. The third-order valence-electron chi connectivity index (χ3n) is 13.3. The van der Waals surface area contributed by atoms with Gasteiger partial charge in [-0.05, 0) is 57.8 Å². The Bertz CT molecular complexity index is 958. The first-order chi connectivity index (χ1) is 31.2. The fourth-order valence-electron chi connectivity index (χ4n) is 8.96. The van der Waals surface area contributed by atoms with Gasteiger partial charge in [-0.2, -0.15) is 0 Å². The maximum absolute atomic E-state index is 12.5. The summed E-state index contributed by atoms with van der Waals surface area (Å²) in [5.41, 5.74) is 0. The number of nitrogens with one attached hydrogen (secondary N) is 1. The lowest BCUT2D eigenvalue weighted by Crippen LogP contribution is -2.45. The van der Waals surface area contributed by atoms with Crippen LogP contribution in [0.3, 0.4) is 0 Å². The molecule has 2 atom stereocenters. The lowest BCUT2D eigenvalue weighted by atomic mass is 10.0. The van der Waals surface area contributed by atoms with E-state index in [2.05, 4.69) is 43.5 Å². The van der Waals surface area contributed by atoms with E-state index >= 15 is 0 Å². The highest BCUT2D eigenvalue weighted by molar-refractivity contribution is 5.76. The smallest absolute Gasteiger partial charge is 0.220 e. The molecule has 1 amide bonds. The summed E-state index contributed by atoms with van der Waals surface area (Å²) in [5, 5.41) is 23.2. The molecule has 63 heavy (non-hydrogen) atoms. The minimum atomic E-state index is -0.862. The van der Waals surface area contributed by atoms with Crippen LogP contribution in [-0.2, 0) is 4.79 Å². The topological polar surface area (TPSA) is 69.6 Å². The van der Waals surface area contributed by atoms with Gasteiger partial charge >= 0.3 is 0 Å². The Balaban J connectivity index is 3.51. The van der Waals surface area contributed by atoms with Gasteiger partial charge in [0.25, 0.3) is 0 Å². The summed E-state index contributed by atoms with van der Waals surface area (Å²) in [4.78, 5) is 12.5. The molecule has 0 saturated heterocycles. The molecule has 3 N–H and O–H groups in total. The highest BCUT2D eigenvalue weighted by Gasteiger charge is 2.18. The van der Waals surface area contributed by atoms with Gasteiger partial charge in [0, 0.05) is 6.42 Å². The Morgan fingerprint density at radius 1 is 0.365 bits per heavy atom. The van der Waals surface area contributed by atoms with Crippen LogP contribution in [0.4, 0.5) is 0 Å². The summed E-state index contributed by atoms with van der Waals surface area (Å²) >= 11 is 0. The average Bonchev–Trinajstić information content (AvgIpc) is 3.29. The molecule has 0 aliphatic rings. The molecule has 2 unspecified atom stereocenters. The zero-order chi connectivity index (χ0) is 45.6. The average molecular weight is 885 g/mol. The number of aliphatic hydroxyl groups excluding tert-OH is 2. The number of aliphatic hydroxyl groups is 2. The molecule has 0 aromatic heterocycles. The molecule has 4 heteroatoms. The second-order valence-electron chi connectivity index (χ2n) is 19.7. The Hall–Kier alpha value is -1.39. The first-order valence-electron chi connectivity index (χ1n) is 28.7. The molecule has 0 heterocycles. The van der Waals surface area contributed by atoms with Gasteiger partial charge in [-0.25, -0.2) is 0 Å². The van der Waals surface area contributed by atoms with Gasteiger partial charge in [-0.1, -0.05) is 288 Å². The standard InChI is InChI=1S/C59H113NO3/c1-3-5-7-9-11-13-15-17-19-21-23-25-27-29-31-32-34-36-38-40-42-44-46-48-50-52-54-58(62)57(56-61)60-59(63)55-53-51-49-47-45-43-41-39-37-35-33-30-28-26-24-22-20-18-16-14-12-10-8-6-4-2/h22,24,44,46,52,54,57-58,61-62H,3-21,23,25-43,45,47-51,53,55-56H2,1-2H3,(H,60,63)/b24-22-,46-44+,54-52+. The van der Waals surface area contributed by atoms with E-state index in [1.165, 1.54) is 263 Å². The predicted octanol–water partition coefficient (Wildman–Crippen LogP) is 18.9. The molecule has 0 rings (SSSR count). The van der Waals surface area contributed by atoms with Crippen molar-refractivity contribution < 1.29 is 15.0 Å². The molecular formula is C59H113NO3. The normalized spacial score (nSPS) is 13.0. The Kier molecular flexibility index (Phi) is 53.7. The summed E-state index contributed by atoms with van der Waals surface area (Å²) in [7, 11) is 0. The van der Waals surface area contributed by atoms with Crippen molar-refractivity contribution in [2.45, 2.75) is 328 Å². The second-order valence-corrected chi connectivity index (χ2v) is 19.7. The number of carbonyl (C=O) groups excluding carboxylic acids is 1. The molecule has 0 aromatic carbocycles. The van der Waals surface area contributed by atoms with Crippen molar-refractivity contribution in [2.75, 3.05) is 6.61 Å². The third-order valence-corrected chi connectivity index (χ3v) is 13.3. The molecule has 0 aliphatic carbocycles. The van der Waals surface area contributed by atoms with Crippen molar-refractivity contribution in [1.29, 1.82) is 0 Å². The molecule has 0 aromatic rings. The number of hydrogen-bond donors (Lipinski definition) is 3. The highest BCUT2D eigenvalue weighted by atomic mass is 16.3. The summed E-state index contributed by atoms with van der Waals surface area (Å²) < 4.78 is 0. The first kappa shape index (κ1) is 61.6. The monoisotopic (exact) mass is 884 g/mol. The largest absolute Gasteiger partial charge is 0.394 e. The van der Waals surface area contributed by atoms with Crippen LogP contribution < -0.4 is 5.32 Å². The van der Waals surface area contributed by atoms with Gasteiger partial charge in [0.05, 0.1) is 18.8 Å². The van der Waals surface area contributed by atoms with Crippen molar-refractivity contribution in [3.8, 4) is 0 Å². The highest BCUT2D eigenvalue weighted by Crippen LogP contribution is 2.17. The van der Waals surface area contributed by atoms with Crippen LogP contribution in [0.1, 0.15) is 316 Å². The Morgan fingerprint density at radius 3 is 0.921 bits per heavy atom. The van der Waals surface area contributed by atoms with E-state index in [9.17, 15) is 15.0 Å². The SMILES string of the molecule is CCCCCCCCCC/C=C\CCCCCCCCCCCCCCCC(=O)NC(CO)C(O)/C=C/CC/C=C/CCCCCCCCCCCCCCCCCCCCCC. The maximum Gasteiger partial charge on any atom is 0.220 e. The van der Waals surface area contributed by atoms with Crippen LogP contribution >= 0.6 is 0 Å². The first-order valence-corrected chi connectivity index (χ1v) is 28.7. The number of allylic oxidation sites excluding steroid dienone is 5. The Morgan fingerprint density at radius 2 is 0.619 bits per heavy atom. The maximum atomic E-state index is 12.5. The number of carbonyl (C=O) groups is 1. The summed E-state index contributed by atoms with van der Waals surface area (Å²) in [6.07, 6.45) is 74.6. The van der Waals surface area contributed by atoms with Crippen LogP contribution in [-0.4, -0.2) is 34.9 Å². The fraction of sp³-hybridized carbons (Fsp3) is 0.881.